The molecule has 0 fully saturated rings. The monoisotopic (exact) mass is 378 g/mol. The molecule has 1 rings (SSSR count). The molecule has 0 amide bonds. The minimum Gasteiger partial charge on any atom is -0.493 e. The first-order valence-electron chi connectivity index (χ1n) is 6.36. The van der Waals surface area contributed by atoms with Crippen LogP contribution in [0.4, 0.5) is 0 Å². The normalized spacial score (nSPS) is 10.3. The lowest BCUT2D eigenvalue weighted by atomic mass is 10.2. The number of rotatable bonds is 8. The Morgan fingerprint density at radius 1 is 1.21 bits per heavy atom. The van der Waals surface area contributed by atoms with Gasteiger partial charge in [0.15, 0.2) is 0 Å². The molecule has 0 atom stereocenters. The van der Waals surface area contributed by atoms with Gasteiger partial charge in [0.25, 0.3) is 0 Å². The second-order valence-electron chi connectivity index (χ2n) is 3.76. The first-order chi connectivity index (χ1) is 9.19. The van der Waals surface area contributed by atoms with Gasteiger partial charge in [-0.1, -0.05) is 0 Å². The van der Waals surface area contributed by atoms with Gasteiger partial charge in [0.05, 0.1) is 22.3 Å². The molecular formula is C14H19IO4. The summed E-state index contributed by atoms with van der Waals surface area (Å²) < 4.78 is 16.7. The lowest BCUT2D eigenvalue weighted by molar-refractivity contribution is 0.0452. The molecule has 0 bridgehead atoms. The maximum Gasteiger partial charge on any atom is 0.338 e. The maximum atomic E-state index is 11.8. The van der Waals surface area contributed by atoms with Gasteiger partial charge in [-0.25, -0.2) is 4.79 Å². The summed E-state index contributed by atoms with van der Waals surface area (Å²) in [6.07, 6.45) is 0.716. The van der Waals surface area contributed by atoms with Gasteiger partial charge in [0.1, 0.15) is 5.75 Å². The Bertz CT molecular complexity index is 406. The van der Waals surface area contributed by atoms with Crippen LogP contribution in [0.1, 0.15) is 30.6 Å². The van der Waals surface area contributed by atoms with E-state index in [4.69, 9.17) is 14.2 Å². The van der Waals surface area contributed by atoms with Crippen molar-refractivity contribution in [2.45, 2.75) is 20.3 Å². The van der Waals surface area contributed by atoms with Crippen molar-refractivity contribution in [1.29, 1.82) is 0 Å². The van der Waals surface area contributed by atoms with Gasteiger partial charge in [-0.05, 0) is 54.6 Å². The van der Waals surface area contributed by atoms with Gasteiger partial charge in [0.2, 0.25) is 0 Å². The molecule has 0 saturated heterocycles. The predicted octanol–water partition coefficient (Wildman–Crippen LogP) is 3.27. The van der Waals surface area contributed by atoms with E-state index in [0.717, 1.165) is 9.32 Å². The number of benzene rings is 1. The highest BCUT2D eigenvalue weighted by atomic mass is 127. The van der Waals surface area contributed by atoms with Crippen LogP contribution in [0, 0.1) is 3.57 Å². The first-order valence-corrected chi connectivity index (χ1v) is 7.44. The second kappa shape index (κ2) is 9.14. The summed E-state index contributed by atoms with van der Waals surface area (Å²) in [7, 11) is 0. The molecule has 0 unspecified atom stereocenters. The Morgan fingerprint density at radius 2 is 2.00 bits per heavy atom. The molecule has 106 valence electrons. The minimum absolute atomic E-state index is 0.308. The Balaban J connectivity index is 2.46. The third-order valence-corrected chi connectivity index (χ3v) is 3.18. The highest BCUT2D eigenvalue weighted by Crippen LogP contribution is 2.22. The van der Waals surface area contributed by atoms with E-state index < -0.39 is 0 Å². The Labute approximate surface area is 127 Å². The van der Waals surface area contributed by atoms with Crippen molar-refractivity contribution >= 4 is 28.6 Å². The average Bonchev–Trinajstić information content (AvgIpc) is 2.41. The topological polar surface area (TPSA) is 44.8 Å². The predicted molar refractivity (Wildman–Crippen MR) is 81.7 cm³/mol. The van der Waals surface area contributed by atoms with Crippen LogP contribution in [0.2, 0.25) is 0 Å². The van der Waals surface area contributed by atoms with E-state index in [1.165, 1.54) is 0 Å². The molecule has 0 radical (unpaired) electrons. The van der Waals surface area contributed by atoms with Crippen LogP contribution in [0.25, 0.3) is 0 Å². The summed E-state index contributed by atoms with van der Waals surface area (Å²) in [5.74, 6) is 0.480. The molecule has 1 aromatic carbocycles. The quantitative estimate of drug-likeness (QED) is 0.396. The van der Waals surface area contributed by atoms with Crippen molar-refractivity contribution in [2.75, 3.05) is 26.4 Å². The molecule has 0 aliphatic rings. The van der Waals surface area contributed by atoms with Crippen LogP contribution < -0.4 is 4.74 Å². The largest absolute Gasteiger partial charge is 0.493 e. The van der Waals surface area contributed by atoms with E-state index >= 15 is 0 Å². The fourth-order valence-electron chi connectivity index (χ4n) is 1.45. The van der Waals surface area contributed by atoms with E-state index in [1.807, 2.05) is 13.8 Å². The fraction of sp³-hybridized carbons (Fsp3) is 0.500. The molecule has 0 saturated carbocycles. The summed E-state index contributed by atoms with van der Waals surface area (Å²) in [5, 5.41) is 0. The molecule has 0 spiro atoms. The van der Waals surface area contributed by atoms with Crippen molar-refractivity contribution in [1.82, 2.24) is 0 Å². The summed E-state index contributed by atoms with van der Waals surface area (Å²) >= 11 is 2.15. The van der Waals surface area contributed by atoms with E-state index in [-0.39, 0.29) is 5.97 Å². The molecule has 0 aliphatic carbocycles. The Kier molecular flexibility index (Phi) is 7.81. The molecule has 0 heterocycles. The zero-order valence-electron chi connectivity index (χ0n) is 11.3. The summed E-state index contributed by atoms with van der Waals surface area (Å²) in [6, 6.07) is 5.29. The number of carbonyl (C=O) groups excluding carboxylic acids is 1. The van der Waals surface area contributed by atoms with E-state index in [2.05, 4.69) is 22.6 Å². The fourth-order valence-corrected chi connectivity index (χ4v) is 2.12. The minimum atomic E-state index is -0.308. The number of hydrogen-bond donors (Lipinski definition) is 0. The van der Waals surface area contributed by atoms with Gasteiger partial charge in [0, 0.05) is 19.6 Å². The van der Waals surface area contributed by atoms with Crippen molar-refractivity contribution in [3.8, 4) is 5.75 Å². The number of hydrogen-bond acceptors (Lipinski definition) is 4. The van der Waals surface area contributed by atoms with Crippen molar-refractivity contribution in [3.05, 3.63) is 27.3 Å². The van der Waals surface area contributed by atoms with E-state index in [1.54, 1.807) is 18.2 Å². The Morgan fingerprint density at radius 3 is 2.63 bits per heavy atom. The standard InChI is InChI=1S/C14H19IO4/c1-3-17-8-5-9-19-14(16)11-6-7-13(18-4-2)12(15)10-11/h6-7,10H,3-5,8-9H2,1-2H3. The van der Waals surface area contributed by atoms with Crippen molar-refractivity contribution in [2.24, 2.45) is 0 Å². The molecule has 5 heteroatoms. The third kappa shape index (κ3) is 5.78. The van der Waals surface area contributed by atoms with Crippen molar-refractivity contribution in [3.63, 3.8) is 0 Å². The molecule has 0 N–H and O–H groups in total. The summed E-state index contributed by atoms with van der Waals surface area (Å²) in [4.78, 5) is 11.8. The molecule has 19 heavy (non-hydrogen) atoms. The van der Waals surface area contributed by atoms with Gasteiger partial charge in [-0.15, -0.1) is 0 Å². The van der Waals surface area contributed by atoms with Gasteiger partial charge in [-0.2, -0.15) is 0 Å². The third-order valence-electron chi connectivity index (χ3n) is 2.34. The van der Waals surface area contributed by atoms with Gasteiger partial charge >= 0.3 is 5.97 Å². The maximum absolute atomic E-state index is 11.8. The second-order valence-corrected chi connectivity index (χ2v) is 4.93. The zero-order valence-corrected chi connectivity index (χ0v) is 13.4. The summed E-state index contributed by atoms with van der Waals surface area (Å²) in [5.41, 5.74) is 0.546. The van der Waals surface area contributed by atoms with E-state index in [0.29, 0.717) is 38.4 Å². The SMILES string of the molecule is CCOCCCOC(=O)c1ccc(OCC)c(I)c1. The highest BCUT2D eigenvalue weighted by molar-refractivity contribution is 14.1. The van der Waals surface area contributed by atoms with Gasteiger partial charge in [-0.3, -0.25) is 0 Å². The lowest BCUT2D eigenvalue weighted by Gasteiger charge is -2.08. The van der Waals surface area contributed by atoms with Crippen LogP contribution in [0.15, 0.2) is 18.2 Å². The smallest absolute Gasteiger partial charge is 0.338 e. The average molecular weight is 378 g/mol. The van der Waals surface area contributed by atoms with Crippen LogP contribution >= 0.6 is 22.6 Å². The van der Waals surface area contributed by atoms with Crippen LogP contribution in [0.5, 0.6) is 5.75 Å². The molecule has 1 aromatic rings. The Hall–Kier alpha value is -0.820. The van der Waals surface area contributed by atoms with Crippen LogP contribution in [-0.2, 0) is 9.47 Å². The number of esters is 1. The number of carbonyl (C=O) groups is 1. The first kappa shape index (κ1) is 16.2. The van der Waals surface area contributed by atoms with Crippen molar-refractivity contribution < 1.29 is 19.0 Å². The molecule has 0 aromatic heterocycles. The highest BCUT2D eigenvalue weighted by Gasteiger charge is 2.10. The molecule has 0 aliphatic heterocycles. The number of halogens is 1. The lowest BCUT2D eigenvalue weighted by Crippen LogP contribution is -2.09. The number of ether oxygens (including phenoxy) is 3. The van der Waals surface area contributed by atoms with Crippen LogP contribution in [-0.4, -0.2) is 32.4 Å². The molecule has 4 nitrogen and oxygen atoms in total. The van der Waals surface area contributed by atoms with Gasteiger partial charge < -0.3 is 14.2 Å². The van der Waals surface area contributed by atoms with Crippen LogP contribution in [0.3, 0.4) is 0 Å². The zero-order chi connectivity index (χ0) is 14.1. The van der Waals surface area contributed by atoms with E-state index in [9.17, 15) is 4.79 Å². The molecular weight excluding hydrogens is 359 g/mol. The summed E-state index contributed by atoms with van der Waals surface area (Å²) in [6.45, 7) is 6.15.